The van der Waals surface area contributed by atoms with Crippen LogP contribution in [0.1, 0.15) is 25.5 Å². The van der Waals surface area contributed by atoms with Crippen LogP contribution >= 0.6 is 11.3 Å². The van der Waals surface area contributed by atoms with E-state index in [0.29, 0.717) is 17.7 Å². The van der Waals surface area contributed by atoms with Gasteiger partial charge in [-0.3, -0.25) is 4.98 Å². The second kappa shape index (κ2) is 7.37. The highest BCUT2D eigenvalue weighted by Crippen LogP contribution is 2.43. The normalized spacial score (nSPS) is 13.3. The minimum absolute atomic E-state index is 0.0727. The average Bonchev–Trinajstić information content (AvgIpc) is 2.95. The first kappa shape index (κ1) is 18.9. The summed E-state index contributed by atoms with van der Waals surface area (Å²) in [5.74, 6) is 0.252. The number of thiophene rings is 1. The molecule has 0 amide bonds. The van der Waals surface area contributed by atoms with E-state index in [4.69, 9.17) is 5.73 Å². The van der Waals surface area contributed by atoms with Gasteiger partial charge in [-0.05, 0) is 29.7 Å². The fraction of sp³-hybridized carbons (Fsp3) is 0.312. The minimum atomic E-state index is -4.71. The second-order valence-electron chi connectivity index (χ2n) is 5.52. The van der Waals surface area contributed by atoms with E-state index in [9.17, 15) is 17.7 Å². The highest BCUT2D eigenvalue weighted by Gasteiger charge is 2.39. The number of hydrogen-bond acceptors (Lipinski definition) is 6. The van der Waals surface area contributed by atoms with Crippen molar-refractivity contribution in [2.24, 2.45) is 0 Å². The number of nitrogens with zero attached hydrogens (tertiary/aromatic N) is 3. The molecule has 3 rings (SSSR count). The van der Waals surface area contributed by atoms with Gasteiger partial charge < -0.3 is 10.3 Å². The molecule has 10 heteroatoms. The van der Waals surface area contributed by atoms with Crippen molar-refractivity contribution in [3.8, 4) is 11.4 Å². The lowest BCUT2D eigenvalue weighted by atomic mass is 10.2. The van der Waals surface area contributed by atoms with Crippen LogP contribution in [0, 0.1) is 0 Å². The molecule has 0 aliphatic rings. The molecule has 3 aromatic heterocycles. The number of pyridine rings is 1. The maximum Gasteiger partial charge on any atom is 0.434 e. The number of nitrogen functional groups attached to an aromatic ring is 1. The molecular formula is C16H15F3N4OS2. The lowest BCUT2D eigenvalue weighted by Gasteiger charge is -2.10. The van der Waals surface area contributed by atoms with E-state index in [0.717, 1.165) is 17.8 Å². The van der Waals surface area contributed by atoms with Crippen molar-refractivity contribution in [1.82, 2.24) is 15.0 Å². The molecule has 0 saturated heterocycles. The number of halogens is 3. The molecule has 0 aliphatic heterocycles. The molecule has 0 fully saturated rings. The molecule has 1 atom stereocenters. The fourth-order valence-electron chi connectivity index (χ4n) is 2.37. The van der Waals surface area contributed by atoms with Crippen LogP contribution in [0.25, 0.3) is 21.6 Å². The molecule has 0 aliphatic carbocycles. The van der Waals surface area contributed by atoms with Crippen molar-refractivity contribution in [3.05, 3.63) is 30.2 Å². The van der Waals surface area contributed by atoms with Gasteiger partial charge in [0.2, 0.25) is 4.21 Å². The number of nitrogens with two attached hydrogens (primary N) is 1. The molecule has 3 aromatic rings. The van der Waals surface area contributed by atoms with Gasteiger partial charge in [0.15, 0.2) is 11.5 Å². The summed E-state index contributed by atoms with van der Waals surface area (Å²) in [5, 5.41) is -0.282. The van der Waals surface area contributed by atoms with E-state index >= 15 is 0 Å². The van der Waals surface area contributed by atoms with Crippen LogP contribution < -0.4 is 5.73 Å². The van der Waals surface area contributed by atoms with Crippen LogP contribution in [0.15, 0.2) is 28.7 Å². The second-order valence-corrected chi connectivity index (χ2v) is 8.29. The van der Waals surface area contributed by atoms with Gasteiger partial charge in [0.05, 0.1) is 5.39 Å². The summed E-state index contributed by atoms with van der Waals surface area (Å²) in [6.07, 6.45) is -0.298. The van der Waals surface area contributed by atoms with Crippen LogP contribution in [0.5, 0.6) is 0 Å². The SMILES string of the molecule is CCCC[S+]([O-])c1sc2nc(-c3cccnc3)nc(C(F)(F)F)c2c1N. The zero-order chi connectivity index (χ0) is 18.9. The van der Waals surface area contributed by atoms with Crippen LogP contribution in [-0.2, 0) is 17.4 Å². The van der Waals surface area contributed by atoms with Crippen molar-refractivity contribution in [1.29, 1.82) is 0 Å². The van der Waals surface area contributed by atoms with Gasteiger partial charge in [0, 0.05) is 18.0 Å². The highest BCUT2D eigenvalue weighted by atomic mass is 32.2. The van der Waals surface area contributed by atoms with E-state index in [2.05, 4.69) is 15.0 Å². The van der Waals surface area contributed by atoms with Gasteiger partial charge in [0.1, 0.15) is 16.3 Å². The highest BCUT2D eigenvalue weighted by molar-refractivity contribution is 7.93. The third-order valence-electron chi connectivity index (χ3n) is 3.63. The monoisotopic (exact) mass is 400 g/mol. The lowest BCUT2D eigenvalue weighted by Crippen LogP contribution is -2.11. The summed E-state index contributed by atoms with van der Waals surface area (Å²) < 4.78 is 53.4. The summed E-state index contributed by atoms with van der Waals surface area (Å²) in [7, 11) is 0. The van der Waals surface area contributed by atoms with Gasteiger partial charge in [-0.2, -0.15) is 13.2 Å². The van der Waals surface area contributed by atoms with Gasteiger partial charge in [-0.15, -0.1) is 0 Å². The third-order valence-corrected chi connectivity index (χ3v) is 6.63. The smallest absolute Gasteiger partial charge is 0.434 e. The molecule has 5 nitrogen and oxygen atoms in total. The first-order valence-corrected chi connectivity index (χ1v) is 9.92. The van der Waals surface area contributed by atoms with Crippen LogP contribution in [0.2, 0.25) is 0 Å². The molecule has 0 saturated carbocycles. The topological polar surface area (TPSA) is 87.8 Å². The van der Waals surface area contributed by atoms with Crippen LogP contribution in [0.3, 0.4) is 0 Å². The zero-order valence-electron chi connectivity index (χ0n) is 13.7. The first-order valence-electron chi connectivity index (χ1n) is 7.79. The molecule has 3 heterocycles. The van der Waals surface area contributed by atoms with Crippen LogP contribution in [0.4, 0.5) is 18.9 Å². The number of rotatable bonds is 5. The Morgan fingerprint density at radius 2 is 2.08 bits per heavy atom. The van der Waals surface area contributed by atoms with Crippen molar-refractivity contribution in [2.45, 2.75) is 30.2 Å². The summed E-state index contributed by atoms with van der Waals surface area (Å²) in [6, 6.07) is 3.16. The number of aromatic nitrogens is 3. The minimum Gasteiger partial charge on any atom is -0.611 e. The van der Waals surface area contributed by atoms with Crippen molar-refractivity contribution in [2.75, 3.05) is 11.5 Å². The molecule has 1 unspecified atom stereocenters. The number of hydrogen-bond donors (Lipinski definition) is 1. The maximum atomic E-state index is 13.6. The van der Waals surface area contributed by atoms with Gasteiger partial charge in [-0.1, -0.05) is 24.7 Å². The number of fused-ring (bicyclic) bond motifs is 1. The Hall–Kier alpha value is -1.91. The van der Waals surface area contributed by atoms with Crippen molar-refractivity contribution < 1.29 is 17.7 Å². The Labute approximate surface area is 154 Å². The number of alkyl halides is 3. The Morgan fingerprint density at radius 1 is 1.31 bits per heavy atom. The standard InChI is InChI=1S/C16H15F3N4OS2/c1-2-3-7-26(24)15-11(20)10-12(16(17,18)19)22-13(23-14(10)25-15)9-5-4-6-21-8-9/h4-6,8H,2-3,7,20H2,1H3. The van der Waals surface area contributed by atoms with Gasteiger partial charge in [-0.25, -0.2) is 9.97 Å². The molecule has 0 aromatic carbocycles. The Balaban J connectivity index is 2.21. The van der Waals surface area contributed by atoms with Gasteiger partial charge in [0.25, 0.3) is 0 Å². The van der Waals surface area contributed by atoms with E-state index in [-0.39, 0.29) is 25.9 Å². The summed E-state index contributed by atoms with van der Waals surface area (Å²) in [4.78, 5) is 11.9. The number of anilines is 1. The quantitative estimate of drug-likeness (QED) is 0.647. The maximum absolute atomic E-state index is 13.6. The zero-order valence-corrected chi connectivity index (χ0v) is 15.3. The molecule has 0 bridgehead atoms. The molecular weight excluding hydrogens is 385 g/mol. The summed E-state index contributed by atoms with van der Waals surface area (Å²) in [6.45, 7) is 1.94. The predicted octanol–water partition coefficient (Wildman–Crippen LogP) is 4.26. The molecule has 138 valence electrons. The average molecular weight is 400 g/mol. The van der Waals surface area contributed by atoms with E-state index in [1.54, 1.807) is 12.1 Å². The first-order chi connectivity index (χ1) is 12.3. The summed E-state index contributed by atoms with van der Waals surface area (Å²) >= 11 is -0.543. The Bertz CT molecular complexity index is 915. The fourth-order valence-corrected chi connectivity index (χ4v) is 5.14. The predicted molar refractivity (Wildman–Crippen MR) is 96.2 cm³/mol. The number of unbranched alkanes of at least 4 members (excludes halogenated alkanes) is 1. The van der Waals surface area contributed by atoms with E-state index in [1.165, 1.54) is 12.4 Å². The van der Waals surface area contributed by atoms with E-state index < -0.39 is 23.0 Å². The molecule has 26 heavy (non-hydrogen) atoms. The van der Waals surface area contributed by atoms with E-state index in [1.807, 2.05) is 6.92 Å². The van der Waals surface area contributed by atoms with Crippen molar-refractivity contribution in [3.63, 3.8) is 0 Å². The lowest BCUT2D eigenvalue weighted by molar-refractivity contribution is -0.139. The Kier molecular flexibility index (Phi) is 5.35. The summed E-state index contributed by atoms with van der Waals surface area (Å²) in [5.41, 5.74) is 5.02. The third kappa shape index (κ3) is 3.62. The van der Waals surface area contributed by atoms with Crippen molar-refractivity contribution >= 4 is 38.4 Å². The Morgan fingerprint density at radius 3 is 2.69 bits per heavy atom. The molecule has 0 spiro atoms. The van der Waals surface area contributed by atoms with Crippen LogP contribution in [-0.4, -0.2) is 25.3 Å². The molecule has 2 N–H and O–H groups in total. The van der Waals surface area contributed by atoms with Gasteiger partial charge >= 0.3 is 6.18 Å². The largest absolute Gasteiger partial charge is 0.611 e. The molecule has 0 radical (unpaired) electrons.